The summed E-state index contributed by atoms with van der Waals surface area (Å²) in [6.07, 6.45) is 5.44. The fourth-order valence-electron chi connectivity index (χ4n) is 6.44. The first-order valence-corrected chi connectivity index (χ1v) is 14.4. The summed E-state index contributed by atoms with van der Waals surface area (Å²) in [6.45, 7) is 3.26. The number of aryl methyl sites for hydroxylation is 2. The third kappa shape index (κ3) is 4.74. The first-order chi connectivity index (χ1) is 16.8. The fourth-order valence-corrected chi connectivity index (χ4v) is 8.16. The van der Waals surface area contributed by atoms with E-state index in [2.05, 4.69) is 45.3 Å². The lowest BCUT2D eigenvalue weighted by molar-refractivity contribution is -0.918. The number of nitrogens with zero attached hydrogens (tertiary/aromatic N) is 1. The maximum absolute atomic E-state index is 13.6. The van der Waals surface area contributed by atoms with Crippen molar-refractivity contribution in [2.75, 3.05) is 20.6 Å². The standard InChI is InChI=1S/C29H36NO3S2/c1-20-8-4-9-21(18-20)10-5-15-30(2,3)24-19-22-13-14-23(24)27(22)33-28(31)29(32,25-11-6-16-34-25)26-12-7-17-35-26/h4,6-9,11-12,16-18,22-24,27,32H,5,10,13-15,19H2,1-3H3/q+1. The van der Waals surface area contributed by atoms with Gasteiger partial charge in [-0.2, -0.15) is 0 Å². The van der Waals surface area contributed by atoms with E-state index in [4.69, 9.17) is 4.74 Å². The van der Waals surface area contributed by atoms with Crippen molar-refractivity contribution in [3.8, 4) is 0 Å². The molecule has 2 heterocycles. The Morgan fingerprint density at radius 2 is 1.80 bits per heavy atom. The molecule has 0 amide bonds. The van der Waals surface area contributed by atoms with Crippen LogP contribution in [0.15, 0.2) is 59.3 Å². The highest BCUT2D eigenvalue weighted by molar-refractivity contribution is 7.12. The molecule has 1 N–H and O–H groups in total. The minimum absolute atomic E-state index is 0.104. The highest BCUT2D eigenvalue weighted by Gasteiger charge is 2.57. The number of hydrogen-bond donors (Lipinski definition) is 1. The van der Waals surface area contributed by atoms with Gasteiger partial charge in [-0.05, 0) is 54.6 Å². The Bertz CT molecular complexity index is 1100. The van der Waals surface area contributed by atoms with E-state index in [1.807, 2.05) is 35.0 Å². The molecule has 0 aliphatic heterocycles. The molecule has 2 aliphatic rings. The van der Waals surface area contributed by atoms with Gasteiger partial charge < -0.3 is 14.3 Å². The van der Waals surface area contributed by atoms with E-state index in [9.17, 15) is 9.90 Å². The highest BCUT2D eigenvalue weighted by Crippen LogP contribution is 2.50. The minimum atomic E-state index is -1.72. The Hall–Kier alpha value is -1.99. The van der Waals surface area contributed by atoms with Crippen LogP contribution in [0.2, 0.25) is 0 Å². The van der Waals surface area contributed by atoms with Gasteiger partial charge in [-0.15, -0.1) is 22.7 Å². The lowest BCUT2D eigenvalue weighted by Crippen LogP contribution is -2.52. The number of benzene rings is 1. The molecule has 2 aliphatic carbocycles. The number of aliphatic hydroxyl groups is 1. The Morgan fingerprint density at radius 1 is 1.09 bits per heavy atom. The number of carbonyl (C=O) groups is 1. The number of ether oxygens (including phenoxy) is 1. The van der Waals surface area contributed by atoms with Gasteiger partial charge in [-0.25, -0.2) is 4.79 Å². The highest BCUT2D eigenvalue weighted by atomic mass is 32.1. The Kier molecular flexibility index (Phi) is 6.92. The summed E-state index contributed by atoms with van der Waals surface area (Å²) in [6, 6.07) is 16.7. The number of hydrogen-bond acceptors (Lipinski definition) is 5. The van der Waals surface area contributed by atoms with Crippen LogP contribution in [0.4, 0.5) is 0 Å². The minimum Gasteiger partial charge on any atom is -0.459 e. The number of rotatable bonds is 9. The first-order valence-electron chi connectivity index (χ1n) is 12.7. The average Bonchev–Trinajstić information content (AvgIpc) is 3.64. The Morgan fingerprint density at radius 3 is 2.43 bits per heavy atom. The van der Waals surface area contributed by atoms with E-state index in [1.165, 1.54) is 33.8 Å². The zero-order valence-corrected chi connectivity index (χ0v) is 22.5. The molecule has 5 rings (SSSR count). The third-order valence-electron chi connectivity index (χ3n) is 8.27. The van der Waals surface area contributed by atoms with E-state index >= 15 is 0 Å². The van der Waals surface area contributed by atoms with Gasteiger partial charge in [0.1, 0.15) is 6.10 Å². The number of fused-ring (bicyclic) bond motifs is 2. The zero-order chi connectivity index (χ0) is 24.6. The fraction of sp³-hybridized carbons (Fsp3) is 0.483. The van der Waals surface area contributed by atoms with E-state index in [-0.39, 0.29) is 6.10 Å². The van der Waals surface area contributed by atoms with Crippen LogP contribution in [0.1, 0.15) is 46.6 Å². The van der Waals surface area contributed by atoms with Crippen molar-refractivity contribution in [2.24, 2.45) is 11.8 Å². The van der Waals surface area contributed by atoms with Crippen molar-refractivity contribution in [3.63, 3.8) is 0 Å². The quantitative estimate of drug-likeness (QED) is 0.293. The van der Waals surface area contributed by atoms with Crippen molar-refractivity contribution in [1.82, 2.24) is 0 Å². The molecule has 0 radical (unpaired) electrons. The van der Waals surface area contributed by atoms with Gasteiger partial charge in [0.25, 0.3) is 0 Å². The van der Waals surface area contributed by atoms with Gasteiger partial charge in [0.15, 0.2) is 0 Å². The predicted octanol–water partition coefficient (Wildman–Crippen LogP) is 5.77. The maximum atomic E-state index is 13.6. The van der Waals surface area contributed by atoms with Crippen LogP contribution in [0.25, 0.3) is 0 Å². The summed E-state index contributed by atoms with van der Waals surface area (Å²) < 4.78 is 7.20. The van der Waals surface area contributed by atoms with E-state index in [0.29, 0.717) is 27.6 Å². The third-order valence-corrected chi connectivity index (χ3v) is 10.2. The normalized spacial score (nSPS) is 24.1. The lowest BCUT2D eigenvalue weighted by Gasteiger charge is -2.40. The SMILES string of the molecule is Cc1cccc(CCC[N+](C)(C)C2CC3CCC2C3OC(=O)C(O)(c2cccs2)c2cccs2)c1. The predicted molar refractivity (Wildman–Crippen MR) is 143 cm³/mol. The second-order valence-corrected chi connectivity index (χ2v) is 12.8. The first kappa shape index (κ1) is 24.7. The molecule has 3 aromatic rings. The number of quaternary nitrogens is 1. The molecule has 6 heteroatoms. The second-order valence-electron chi connectivity index (χ2n) is 10.9. The van der Waals surface area contributed by atoms with Crippen LogP contribution in [0.5, 0.6) is 0 Å². The van der Waals surface area contributed by atoms with Crippen LogP contribution >= 0.6 is 22.7 Å². The molecular formula is C29H36NO3S2+. The maximum Gasteiger partial charge on any atom is 0.349 e. The molecule has 2 saturated carbocycles. The molecule has 4 nitrogen and oxygen atoms in total. The van der Waals surface area contributed by atoms with Gasteiger partial charge in [-0.3, -0.25) is 0 Å². The molecule has 0 saturated heterocycles. The van der Waals surface area contributed by atoms with E-state index in [1.54, 1.807) is 0 Å². The smallest absolute Gasteiger partial charge is 0.349 e. The molecule has 2 bridgehead atoms. The summed E-state index contributed by atoms with van der Waals surface area (Å²) in [7, 11) is 4.68. The van der Waals surface area contributed by atoms with Crippen molar-refractivity contribution in [3.05, 3.63) is 80.2 Å². The summed E-state index contributed by atoms with van der Waals surface area (Å²) in [5.41, 5.74) is 1.00. The van der Waals surface area contributed by atoms with Gasteiger partial charge in [0, 0.05) is 24.7 Å². The summed E-state index contributed by atoms with van der Waals surface area (Å²) >= 11 is 2.79. The molecule has 2 fully saturated rings. The summed E-state index contributed by atoms with van der Waals surface area (Å²) in [5.74, 6) is 0.225. The zero-order valence-electron chi connectivity index (χ0n) is 20.9. The molecule has 35 heavy (non-hydrogen) atoms. The molecule has 2 aromatic heterocycles. The lowest BCUT2D eigenvalue weighted by atomic mass is 9.92. The van der Waals surface area contributed by atoms with E-state index < -0.39 is 11.6 Å². The van der Waals surface area contributed by atoms with Crippen molar-refractivity contribution in [1.29, 1.82) is 0 Å². The van der Waals surface area contributed by atoms with E-state index in [0.717, 1.165) is 43.1 Å². The van der Waals surface area contributed by atoms with Gasteiger partial charge in [-0.1, -0.05) is 42.0 Å². The second kappa shape index (κ2) is 9.81. The van der Waals surface area contributed by atoms with Crippen molar-refractivity contribution < 1.29 is 19.1 Å². The van der Waals surface area contributed by atoms with Gasteiger partial charge >= 0.3 is 5.97 Å². The number of esters is 1. The topological polar surface area (TPSA) is 46.5 Å². The molecule has 0 spiro atoms. The summed E-state index contributed by atoms with van der Waals surface area (Å²) in [5, 5.41) is 15.5. The monoisotopic (exact) mass is 510 g/mol. The van der Waals surface area contributed by atoms with Crippen LogP contribution in [-0.2, 0) is 21.6 Å². The molecular weight excluding hydrogens is 474 g/mol. The average molecular weight is 511 g/mol. The Labute approximate surface area is 216 Å². The van der Waals surface area contributed by atoms with Crippen LogP contribution in [0.3, 0.4) is 0 Å². The largest absolute Gasteiger partial charge is 0.459 e. The van der Waals surface area contributed by atoms with Gasteiger partial charge in [0.05, 0.1) is 36.4 Å². The molecule has 4 atom stereocenters. The molecule has 4 unspecified atom stereocenters. The molecule has 1 aromatic carbocycles. The van der Waals surface area contributed by atoms with Crippen LogP contribution in [0, 0.1) is 18.8 Å². The number of carbonyl (C=O) groups excluding carboxylic acids is 1. The number of thiophene rings is 2. The van der Waals surface area contributed by atoms with Crippen LogP contribution < -0.4 is 0 Å². The molecule has 186 valence electrons. The van der Waals surface area contributed by atoms with Crippen molar-refractivity contribution >= 4 is 28.6 Å². The van der Waals surface area contributed by atoms with Crippen LogP contribution in [-0.4, -0.2) is 48.3 Å². The van der Waals surface area contributed by atoms with Gasteiger partial charge in [0.2, 0.25) is 5.60 Å². The Balaban J connectivity index is 1.27. The van der Waals surface area contributed by atoms with Crippen molar-refractivity contribution in [2.45, 2.75) is 56.8 Å². The summed E-state index contributed by atoms with van der Waals surface area (Å²) in [4.78, 5) is 14.8.